The summed E-state index contributed by atoms with van der Waals surface area (Å²) in [6.45, 7) is 4.43. The van der Waals surface area contributed by atoms with E-state index in [1.807, 2.05) is 13.1 Å². The molecule has 6 rings (SSSR count). The third-order valence-electron chi connectivity index (χ3n) is 7.32. The molecule has 2 aliphatic carbocycles. The maximum absolute atomic E-state index is 13.2. The summed E-state index contributed by atoms with van der Waals surface area (Å²) in [7, 11) is -3.32. The van der Waals surface area contributed by atoms with Crippen LogP contribution in [-0.4, -0.2) is 47.5 Å². The molecule has 0 radical (unpaired) electrons. The molecule has 2 saturated carbocycles. The topological polar surface area (TPSA) is 83.1 Å². The van der Waals surface area contributed by atoms with Crippen LogP contribution in [-0.2, 0) is 14.6 Å². The number of hydrogen-bond acceptors (Lipinski definition) is 4. The molecule has 1 N–H and O–H groups in total. The number of pyridine rings is 1. The van der Waals surface area contributed by atoms with Gasteiger partial charge in [0, 0.05) is 42.5 Å². The van der Waals surface area contributed by atoms with E-state index >= 15 is 0 Å². The zero-order valence-electron chi connectivity index (χ0n) is 16.6. The van der Waals surface area contributed by atoms with Crippen molar-refractivity contribution in [2.24, 2.45) is 11.3 Å². The molecule has 4 heterocycles. The summed E-state index contributed by atoms with van der Waals surface area (Å²) in [5.74, 6) is 0.943. The fourth-order valence-electron chi connectivity index (χ4n) is 6.22. The SMILES string of the molecule is CC(CC(=O)N1C2CC3CC(C)(C2)CC31)c1c[nH]c2ncc(S(C)(=O)=O)cc12. The van der Waals surface area contributed by atoms with E-state index in [2.05, 4.69) is 21.8 Å². The van der Waals surface area contributed by atoms with Gasteiger partial charge in [0.1, 0.15) is 5.65 Å². The Morgan fingerprint density at radius 1 is 1.39 bits per heavy atom. The fraction of sp³-hybridized carbons (Fsp3) is 0.619. The summed E-state index contributed by atoms with van der Waals surface area (Å²) in [5.41, 5.74) is 2.07. The molecule has 7 heteroatoms. The number of nitrogens with one attached hydrogen (secondary N) is 1. The molecule has 0 aromatic carbocycles. The number of carbonyl (C=O) groups is 1. The number of rotatable bonds is 4. The van der Waals surface area contributed by atoms with Crippen LogP contribution >= 0.6 is 0 Å². The number of sulfone groups is 1. The molecule has 2 aromatic rings. The van der Waals surface area contributed by atoms with Gasteiger partial charge in [-0.1, -0.05) is 13.8 Å². The minimum absolute atomic E-state index is 0.00442. The van der Waals surface area contributed by atoms with Crippen LogP contribution in [0.5, 0.6) is 0 Å². The van der Waals surface area contributed by atoms with Gasteiger partial charge in [-0.05, 0) is 54.6 Å². The van der Waals surface area contributed by atoms with Crippen molar-refractivity contribution in [3.05, 3.63) is 24.0 Å². The van der Waals surface area contributed by atoms with E-state index in [9.17, 15) is 13.2 Å². The summed E-state index contributed by atoms with van der Waals surface area (Å²) >= 11 is 0. The van der Waals surface area contributed by atoms with Crippen molar-refractivity contribution < 1.29 is 13.2 Å². The van der Waals surface area contributed by atoms with Gasteiger partial charge in [-0.3, -0.25) is 4.79 Å². The zero-order chi connectivity index (χ0) is 19.8. The van der Waals surface area contributed by atoms with E-state index < -0.39 is 9.84 Å². The molecule has 6 nitrogen and oxygen atoms in total. The monoisotopic (exact) mass is 401 g/mol. The average molecular weight is 402 g/mol. The van der Waals surface area contributed by atoms with Crippen LogP contribution in [0.3, 0.4) is 0 Å². The minimum atomic E-state index is -3.32. The Morgan fingerprint density at radius 2 is 2.18 bits per heavy atom. The summed E-state index contributed by atoms with van der Waals surface area (Å²) in [6.07, 6.45) is 9.64. The maximum Gasteiger partial charge on any atom is 0.223 e. The second kappa shape index (κ2) is 5.81. The second-order valence-electron chi connectivity index (χ2n) is 9.63. The Balaban J connectivity index is 1.39. The Labute approximate surface area is 165 Å². The molecular weight excluding hydrogens is 374 g/mol. The first kappa shape index (κ1) is 18.2. The summed E-state index contributed by atoms with van der Waals surface area (Å²) in [4.78, 5) is 23.0. The number of H-pyrrole nitrogens is 1. The van der Waals surface area contributed by atoms with Crippen molar-refractivity contribution in [2.45, 2.75) is 68.8 Å². The lowest BCUT2D eigenvalue weighted by molar-refractivity contribution is -0.137. The summed E-state index contributed by atoms with van der Waals surface area (Å²) in [5, 5.41) is 0.791. The number of hydrogen-bond donors (Lipinski definition) is 1. The highest BCUT2D eigenvalue weighted by Crippen LogP contribution is 2.59. The van der Waals surface area contributed by atoms with Crippen molar-refractivity contribution in [3.8, 4) is 0 Å². The van der Waals surface area contributed by atoms with Crippen molar-refractivity contribution in [3.63, 3.8) is 0 Å². The lowest BCUT2D eigenvalue weighted by Crippen LogP contribution is -2.47. The third-order valence-corrected chi connectivity index (χ3v) is 8.40. The van der Waals surface area contributed by atoms with Gasteiger partial charge < -0.3 is 9.88 Å². The number of amides is 1. The van der Waals surface area contributed by atoms with Crippen LogP contribution in [0, 0.1) is 11.3 Å². The van der Waals surface area contributed by atoms with E-state index in [0.717, 1.165) is 23.8 Å². The molecule has 5 atom stereocenters. The lowest BCUT2D eigenvalue weighted by atomic mass is 9.75. The van der Waals surface area contributed by atoms with Crippen molar-refractivity contribution in [1.82, 2.24) is 14.9 Å². The highest BCUT2D eigenvalue weighted by Gasteiger charge is 2.58. The molecule has 5 unspecified atom stereocenters. The predicted molar refractivity (Wildman–Crippen MR) is 107 cm³/mol. The predicted octanol–water partition coefficient (Wildman–Crippen LogP) is 3.25. The maximum atomic E-state index is 13.2. The van der Waals surface area contributed by atoms with Crippen molar-refractivity contribution >= 4 is 26.8 Å². The molecule has 4 aliphatic rings. The fourth-order valence-corrected chi connectivity index (χ4v) is 6.80. The van der Waals surface area contributed by atoms with Crippen LogP contribution in [0.25, 0.3) is 11.0 Å². The quantitative estimate of drug-likeness (QED) is 0.852. The number of carbonyl (C=O) groups excluding carboxylic acids is 1. The number of aromatic amines is 1. The molecule has 150 valence electrons. The lowest BCUT2D eigenvalue weighted by Gasteiger charge is -2.42. The van der Waals surface area contributed by atoms with Crippen LogP contribution in [0.4, 0.5) is 0 Å². The first-order chi connectivity index (χ1) is 13.1. The highest BCUT2D eigenvalue weighted by atomic mass is 32.2. The molecule has 2 aromatic heterocycles. The minimum Gasteiger partial charge on any atom is -0.346 e. The molecule has 1 amide bonds. The normalized spacial score (nSPS) is 32.4. The molecule has 4 fully saturated rings. The molecule has 0 spiro atoms. The first-order valence-electron chi connectivity index (χ1n) is 10.1. The number of piperidine rings is 1. The van der Waals surface area contributed by atoms with E-state index in [0.29, 0.717) is 35.5 Å². The Hall–Kier alpha value is -1.89. The Bertz CT molecular complexity index is 1070. The number of fused-ring (bicyclic) bond motifs is 1. The van der Waals surface area contributed by atoms with E-state index in [1.165, 1.54) is 25.3 Å². The molecule has 2 aliphatic heterocycles. The average Bonchev–Trinajstić information content (AvgIpc) is 3.19. The van der Waals surface area contributed by atoms with Gasteiger partial charge in [0.2, 0.25) is 5.91 Å². The molecule has 4 bridgehead atoms. The number of nitrogens with zero attached hydrogens (tertiary/aromatic N) is 2. The second-order valence-corrected chi connectivity index (χ2v) is 11.6. The van der Waals surface area contributed by atoms with Gasteiger partial charge in [-0.25, -0.2) is 13.4 Å². The van der Waals surface area contributed by atoms with Gasteiger partial charge in [-0.2, -0.15) is 0 Å². The smallest absolute Gasteiger partial charge is 0.223 e. The van der Waals surface area contributed by atoms with E-state index in [-0.39, 0.29) is 16.7 Å². The highest BCUT2D eigenvalue weighted by molar-refractivity contribution is 7.90. The van der Waals surface area contributed by atoms with E-state index in [4.69, 9.17) is 0 Å². The zero-order valence-corrected chi connectivity index (χ0v) is 17.4. The summed E-state index contributed by atoms with van der Waals surface area (Å²) in [6, 6.07) is 2.53. The first-order valence-corrected chi connectivity index (χ1v) is 12.0. The van der Waals surface area contributed by atoms with Gasteiger partial charge in [-0.15, -0.1) is 0 Å². The number of aromatic nitrogens is 2. The standard InChI is InChI=1S/C21H27N3O3S/c1-12(17-11-23-20-16(17)6-15(10-22-20)28(3,26)27)4-19(25)24-14-5-13-7-21(2,8-14)9-18(13)24/h6,10-14,18H,4-5,7-9H2,1-3H3,(H,22,23). The van der Waals surface area contributed by atoms with Crippen LogP contribution in [0.2, 0.25) is 0 Å². The molecule has 28 heavy (non-hydrogen) atoms. The molecular formula is C21H27N3O3S. The summed E-state index contributed by atoms with van der Waals surface area (Å²) < 4.78 is 23.8. The largest absolute Gasteiger partial charge is 0.346 e. The molecule has 2 saturated heterocycles. The third kappa shape index (κ3) is 2.70. The Kier molecular flexibility index (Phi) is 3.77. The van der Waals surface area contributed by atoms with Crippen molar-refractivity contribution in [1.29, 1.82) is 0 Å². The van der Waals surface area contributed by atoms with Gasteiger partial charge >= 0.3 is 0 Å². The Morgan fingerprint density at radius 3 is 2.89 bits per heavy atom. The van der Waals surface area contributed by atoms with Crippen LogP contribution in [0.15, 0.2) is 23.4 Å². The van der Waals surface area contributed by atoms with Gasteiger partial charge in [0.05, 0.1) is 4.90 Å². The van der Waals surface area contributed by atoms with Gasteiger partial charge in [0.15, 0.2) is 9.84 Å². The van der Waals surface area contributed by atoms with Crippen LogP contribution in [0.1, 0.15) is 57.4 Å². The van der Waals surface area contributed by atoms with E-state index in [1.54, 1.807) is 6.07 Å². The van der Waals surface area contributed by atoms with Crippen LogP contribution < -0.4 is 0 Å². The van der Waals surface area contributed by atoms with Crippen molar-refractivity contribution in [2.75, 3.05) is 6.26 Å². The van der Waals surface area contributed by atoms with Gasteiger partial charge in [0.25, 0.3) is 0 Å².